The van der Waals surface area contributed by atoms with Crippen LogP contribution in [0.2, 0.25) is 0 Å². The fraction of sp³-hybridized carbons (Fsp3) is 0.355. The van der Waals surface area contributed by atoms with E-state index in [1.165, 1.54) is 11.9 Å². The van der Waals surface area contributed by atoms with Gasteiger partial charge in [-0.05, 0) is 57.6 Å². The molecule has 0 aliphatic carbocycles. The molecule has 1 aliphatic rings. The molecule has 0 spiro atoms. The number of benzene rings is 2. The van der Waals surface area contributed by atoms with Gasteiger partial charge in [0.05, 0.1) is 29.4 Å². The van der Waals surface area contributed by atoms with E-state index in [0.29, 0.717) is 34.6 Å². The van der Waals surface area contributed by atoms with Gasteiger partial charge in [0, 0.05) is 47.9 Å². The molecule has 2 amide bonds. The molecule has 198 valence electrons. The average Bonchev–Trinajstić information content (AvgIpc) is 3.61. The standard InChI is InChI=1S/C31H35N3O4/c1-6-33(7-2)16-10-17-37-26-14-13-23(29-22(26)15-18-38-29)27-28(31(36)32(5)30(27)35)24-19-34(20(3)4)25-12-9-8-11-21(24)25/h8-9,11-15,18-20H,6-7,10,16-17H2,1-5H3. The molecular weight excluding hydrogens is 478 g/mol. The van der Waals surface area contributed by atoms with Crippen molar-refractivity contribution >= 4 is 44.8 Å². The highest BCUT2D eigenvalue weighted by Crippen LogP contribution is 2.42. The molecule has 0 unspecified atom stereocenters. The predicted molar refractivity (Wildman–Crippen MR) is 151 cm³/mol. The first-order valence-corrected chi connectivity index (χ1v) is 13.4. The SMILES string of the molecule is CCN(CC)CCCOc1ccc(C2=C(c3cn(C(C)C)c4ccccc34)C(=O)N(C)C2=O)c2occc12. The first-order chi connectivity index (χ1) is 18.4. The minimum atomic E-state index is -0.336. The first-order valence-electron chi connectivity index (χ1n) is 13.4. The number of hydrogen-bond acceptors (Lipinski definition) is 5. The molecule has 0 fully saturated rings. The summed E-state index contributed by atoms with van der Waals surface area (Å²) in [5.41, 5.74) is 3.68. The van der Waals surface area contributed by atoms with Crippen molar-refractivity contribution in [1.29, 1.82) is 0 Å². The molecule has 4 aromatic rings. The Balaban J connectivity index is 1.59. The van der Waals surface area contributed by atoms with Gasteiger partial charge < -0.3 is 18.6 Å². The normalized spacial score (nSPS) is 14.3. The third kappa shape index (κ3) is 4.31. The largest absolute Gasteiger partial charge is 0.493 e. The summed E-state index contributed by atoms with van der Waals surface area (Å²) in [4.78, 5) is 30.6. The third-order valence-corrected chi connectivity index (χ3v) is 7.47. The van der Waals surface area contributed by atoms with E-state index in [9.17, 15) is 9.59 Å². The fourth-order valence-corrected chi connectivity index (χ4v) is 5.34. The van der Waals surface area contributed by atoms with Crippen LogP contribution >= 0.6 is 0 Å². The summed E-state index contributed by atoms with van der Waals surface area (Å²) in [6, 6.07) is 13.8. The highest BCUT2D eigenvalue weighted by molar-refractivity contribution is 6.50. The second kappa shape index (κ2) is 10.5. The van der Waals surface area contributed by atoms with Crippen LogP contribution in [-0.4, -0.2) is 59.5 Å². The maximum absolute atomic E-state index is 13.5. The van der Waals surface area contributed by atoms with E-state index in [4.69, 9.17) is 9.15 Å². The zero-order valence-corrected chi connectivity index (χ0v) is 22.8. The maximum atomic E-state index is 13.5. The summed E-state index contributed by atoms with van der Waals surface area (Å²) >= 11 is 0. The molecule has 0 bridgehead atoms. The Hall–Kier alpha value is -3.84. The zero-order chi connectivity index (χ0) is 27.0. The van der Waals surface area contributed by atoms with Gasteiger partial charge in [-0.1, -0.05) is 32.0 Å². The van der Waals surface area contributed by atoms with Crippen LogP contribution in [0.5, 0.6) is 5.75 Å². The number of amides is 2. The number of rotatable bonds is 10. The molecule has 0 saturated carbocycles. The molecule has 3 heterocycles. The van der Waals surface area contributed by atoms with Crippen molar-refractivity contribution in [3.63, 3.8) is 0 Å². The average molecular weight is 514 g/mol. The molecule has 7 heteroatoms. The van der Waals surface area contributed by atoms with Crippen LogP contribution in [-0.2, 0) is 9.59 Å². The van der Waals surface area contributed by atoms with Gasteiger partial charge in [0.25, 0.3) is 11.8 Å². The number of hydrogen-bond donors (Lipinski definition) is 0. The Morgan fingerprint density at radius 3 is 2.34 bits per heavy atom. The maximum Gasteiger partial charge on any atom is 0.262 e. The lowest BCUT2D eigenvalue weighted by molar-refractivity contribution is -0.134. The molecule has 38 heavy (non-hydrogen) atoms. The van der Waals surface area contributed by atoms with Crippen molar-refractivity contribution in [2.24, 2.45) is 0 Å². The van der Waals surface area contributed by atoms with E-state index < -0.39 is 0 Å². The van der Waals surface area contributed by atoms with Crippen LogP contribution in [0.1, 0.15) is 51.3 Å². The smallest absolute Gasteiger partial charge is 0.262 e. The number of likely N-dealkylation sites (N-methyl/N-ethyl adjacent to an activating group) is 1. The Bertz CT molecular complexity index is 1540. The van der Waals surface area contributed by atoms with E-state index in [0.717, 1.165) is 47.9 Å². The van der Waals surface area contributed by atoms with E-state index in [2.05, 4.69) is 37.2 Å². The van der Waals surface area contributed by atoms with Gasteiger partial charge in [0.15, 0.2) is 0 Å². The topological polar surface area (TPSA) is 67.9 Å². The van der Waals surface area contributed by atoms with Crippen molar-refractivity contribution in [2.45, 2.75) is 40.2 Å². The van der Waals surface area contributed by atoms with E-state index in [1.54, 1.807) is 6.26 Å². The van der Waals surface area contributed by atoms with Crippen molar-refractivity contribution in [2.75, 3.05) is 33.3 Å². The minimum absolute atomic E-state index is 0.192. The monoisotopic (exact) mass is 513 g/mol. The van der Waals surface area contributed by atoms with Gasteiger partial charge in [0.1, 0.15) is 11.3 Å². The second-order valence-corrected chi connectivity index (χ2v) is 9.98. The Morgan fingerprint density at radius 2 is 1.63 bits per heavy atom. The summed E-state index contributed by atoms with van der Waals surface area (Å²) in [7, 11) is 1.53. The lowest BCUT2D eigenvalue weighted by atomic mass is 9.95. The highest BCUT2D eigenvalue weighted by atomic mass is 16.5. The van der Waals surface area contributed by atoms with E-state index in [-0.39, 0.29) is 17.9 Å². The van der Waals surface area contributed by atoms with Gasteiger partial charge >= 0.3 is 0 Å². The van der Waals surface area contributed by atoms with Gasteiger partial charge in [-0.2, -0.15) is 0 Å². The Morgan fingerprint density at radius 1 is 0.921 bits per heavy atom. The number of carbonyl (C=O) groups is 2. The number of para-hydroxylation sites is 1. The lowest BCUT2D eigenvalue weighted by Gasteiger charge is -2.18. The van der Waals surface area contributed by atoms with Gasteiger partial charge in [-0.3, -0.25) is 14.5 Å². The number of ether oxygens (including phenoxy) is 1. The summed E-state index contributed by atoms with van der Waals surface area (Å²) in [5.74, 6) is 0.0609. The lowest BCUT2D eigenvalue weighted by Crippen LogP contribution is -2.26. The molecule has 0 saturated heterocycles. The van der Waals surface area contributed by atoms with Crippen molar-refractivity contribution in [3.05, 3.63) is 66.1 Å². The van der Waals surface area contributed by atoms with Crippen molar-refractivity contribution < 1.29 is 18.7 Å². The molecule has 2 aromatic carbocycles. The van der Waals surface area contributed by atoms with Crippen LogP contribution in [0.25, 0.3) is 33.0 Å². The number of furan rings is 1. The van der Waals surface area contributed by atoms with E-state index >= 15 is 0 Å². The molecule has 7 nitrogen and oxygen atoms in total. The number of nitrogens with zero attached hydrogens (tertiary/aromatic N) is 3. The van der Waals surface area contributed by atoms with E-state index in [1.807, 2.05) is 48.7 Å². The van der Waals surface area contributed by atoms with Crippen molar-refractivity contribution in [3.8, 4) is 5.75 Å². The summed E-state index contributed by atoms with van der Waals surface area (Å²) < 4.78 is 14.2. The highest BCUT2D eigenvalue weighted by Gasteiger charge is 2.39. The van der Waals surface area contributed by atoms with Crippen LogP contribution in [0.15, 0.2) is 59.3 Å². The van der Waals surface area contributed by atoms with Gasteiger partial charge in [0.2, 0.25) is 0 Å². The third-order valence-electron chi connectivity index (χ3n) is 7.47. The summed E-state index contributed by atoms with van der Waals surface area (Å²) in [6.07, 6.45) is 4.50. The molecule has 2 aromatic heterocycles. The molecule has 0 N–H and O–H groups in total. The van der Waals surface area contributed by atoms with Crippen LogP contribution in [0.3, 0.4) is 0 Å². The molecular formula is C31H35N3O4. The first kappa shape index (κ1) is 25.8. The molecule has 0 atom stereocenters. The van der Waals surface area contributed by atoms with Gasteiger partial charge in [-0.25, -0.2) is 0 Å². The van der Waals surface area contributed by atoms with Crippen LogP contribution < -0.4 is 4.74 Å². The minimum Gasteiger partial charge on any atom is -0.493 e. The predicted octanol–water partition coefficient (Wildman–Crippen LogP) is 5.99. The van der Waals surface area contributed by atoms with Crippen molar-refractivity contribution in [1.82, 2.24) is 14.4 Å². The molecule has 1 aliphatic heterocycles. The zero-order valence-electron chi connectivity index (χ0n) is 22.8. The number of aromatic nitrogens is 1. The number of imide groups is 1. The van der Waals surface area contributed by atoms with Gasteiger partial charge in [-0.15, -0.1) is 0 Å². The number of carbonyl (C=O) groups excluding carboxylic acids is 2. The fourth-order valence-electron chi connectivity index (χ4n) is 5.34. The summed E-state index contributed by atoms with van der Waals surface area (Å²) in [5, 5.41) is 1.73. The molecule has 0 radical (unpaired) electrons. The van der Waals surface area contributed by atoms with Crippen LogP contribution in [0.4, 0.5) is 0 Å². The summed E-state index contributed by atoms with van der Waals surface area (Å²) in [6.45, 7) is 12.1. The quantitative estimate of drug-likeness (QED) is 0.193. The van der Waals surface area contributed by atoms with Crippen LogP contribution in [0, 0.1) is 0 Å². The Kier molecular flexibility index (Phi) is 7.13. The second-order valence-electron chi connectivity index (χ2n) is 9.98. The molecule has 5 rings (SSSR count). The Labute approximate surface area is 223 Å². The number of fused-ring (bicyclic) bond motifs is 2.